The van der Waals surface area contributed by atoms with Gasteiger partial charge in [0.1, 0.15) is 5.60 Å². The molecule has 1 atom stereocenters. The van der Waals surface area contributed by atoms with Crippen molar-refractivity contribution in [3.8, 4) is 0 Å². The van der Waals surface area contributed by atoms with Crippen LogP contribution in [0.3, 0.4) is 0 Å². The van der Waals surface area contributed by atoms with Gasteiger partial charge in [-0.2, -0.15) is 0 Å². The monoisotopic (exact) mass is 259 g/mol. The average Bonchev–Trinajstić information content (AvgIpc) is 2.60. The summed E-state index contributed by atoms with van der Waals surface area (Å²) in [4.78, 5) is 25.3. The van der Waals surface area contributed by atoms with Crippen LogP contribution in [0.2, 0.25) is 0 Å². The molecule has 1 aliphatic heterocycles. The minimum Gasteiger partial charge on any atom is -0.479 e. The maximum atomic E-state index is 12.2. The van der Waals surface area contributed by atoms with Crippen LogP contribution in [0.15, 0.2) is 0 Å². The number of carbonyl (C=O) groups is 2. The highest BCUT2D eigenvalue weighted by atomic mass is 16.6. The van der Waals surface area contributed by atoms with Gasteiger partial charge in [-0.15, -0.1) is 0 Å². The van der Waals surface area contributed by atoms with Crippen LogP contribution in [0.4, 0.5) is 0 Å². The van der Waals surface area contributed by atoms with Crippen molar-refractivity contribution >= 4 is 11.9 Å². The number of nitrogens with zero attached hydrogens (tertiary/aromatic N) is 1. The van der Waals surface area contributed by atoms with E-state index in [1.807, 2.05) is 0 Å². The van der Waals surface area contributed by atoms with Crippen molar-refractivity contribution in [2.24, 2.45) is 0 Å². The van der Waals surface area contributed by atoms with E-state index in [1.54, 1.807) is 20.8 Å². The molecule has 0 aromatic carbocycles. The van der Waals surface area contributed by atoms with Crippen LogP contribution < -0.4 is 0 Å². The maximum Gasteiger partial charge on any atom is 0.338 e. The van der Waals surface area contributed by atoms with Gasteiger partial charge in [0.25, 0.3) is 0 Å². The maximum absolute atomic E-state index is 12.2. The second-order valence-electron chi connectivity index (χ2n) is 5.45. The van der Waals surface area contributed by atoms with Crippen molar-refractivity contribution in [2.45, 2.75) is 44.8 Å². The van der Waals surface area contributed by atoms with Gasteiger partial charge in [0, 0.05) is 13.7 Å². The smallest absolute Gasteiger partial charge is 0.338 e. The lowest BCUT2D eigenvalue weighted by Gasteiger charge is -2.34. The first kappa shape index (κ1) is 14.9. The van der Waals surface area contributed by atoms with Crippen molar-refractivity contribution < 1.29 is 24.2 Å². The fourth-order valence-corrected chi connectivity index (χ4v) is 2.13. The van der Waals surface area contributed by atoms with Gasteiger partial charge >= 0.3 is 11.9 Å². The molecule has 104 valence electrons. The lowest BCUT2D eigenvalue weighted by molar-refractivity contribution is -0.180. The summed E-state index contributed by atoms with van der Waals surface area (Å²) in [6.07, 6.45) is 0.884. The summed E-state index contributed by atoms with van der Waals surface area (Å²) < 4.78 is 10.2. The van der Waals surface area contributed by atoms with Crippen molar-refractivity contribution in [3.63, 3.8) is 0 Å². The molecule has 0 aliphatic carbocycles. The standard InChI is InChI=1S/C12H21NO5/c1-11(2,3)18-10(16)12(9(14)15)6-5-7-13(12)8-17-4/h5-8H2,1-4H3,(H,14,15)/t12-/m0/s1. The van der Waals surface area contributed by atoms with E-state index >= 15 is 0 Å². The number of hydrogen-bond acceptors (Lipinski definition) is 5. The van der Waals surface area contributed by atoms with E-state index in [2.05, 4.69) is 0 Å². The van der Waals surface area contributed by atoms with E-state index in [9.17, 15) is 14.7 Å². The number of esters is 1. The molecule has 6 nitrogen and oxygen atoms in total. The molecule has 0 aromatic heterocycles. The fraction of sp³-hybridized carbons (Fsp3) is 0.833. The van der Waals surface area contributed by atoms with E-state index in [4.69, 9.17) is 9.47 Å². The zero-order valence-corrected chi connectivity index (χ0v) is 11.4. The number of aliphatic carboxylic acids is 1. The molecule has 1 rings (SSSR count). The highest BCUT2D eigenvalue weighted by molar-refractivity contribution is 6.04. The van der Waals surface area contributed by atoms with E-state index < -0.39 is 23.1 Å². The number of likely N-dealkylation sites (tertiary alicyclic amines) is 1. The molecular formula is C12H21NO5. The number of carboxylic acids is 1. The van der Waals surface area contributed by atoms with E-state index in [0.717, 1.165) is 0 Å². The molecular weight excluding hydrogens is 238 g/mol. The molecule has 1 fully saturated rings. The average molecular weight is 259 g/mol. The van der Waals surface area contributed by atoms with Gasteiger partial charge in [-0.25, -0.2) is 9.59 Å². The summed E-state index contributed by atoms with van der Waals surface area (Å²) >= 11 is 0. The molecule has 0 amide bonds. The van der Waals surface area contributed by atoms with Gasteiger partial charge < -0.3 is 14.6 Å². The summed E-state index contributed by atoms with van der Waals surface area (Å²) in [7, 11) is 1.47. The Bertz CT molecular complexity index is 336. The number of carboxylic acid groups (broad SMARTS) is 1. The van der Waals surface area contributed by atoms with E-state index in [-0.39, 0.29) is 13.2 Å². The summed E-state index contributed by atoms with van der Waals surface area (Å²) in [6.45, 7) is 5.77. The Morgan fingerprint density at radius 3 is 2.44 bits per heavy atom. The molecule has 0 aromatic rings. The van der Waals surface area contributed by atoms with E-state index in [0.29, 0.717) is 13.0 Å². The first-order chi connectivity index (χ1) is 8.24. The second kappa shape index (κ2) is 5.24. The molecule has 0 radical (unpaired) electrons. The third-order valence-electron chi connectivity index (χ3n) is 2.88. The van der Waals surface area contributed by atoms with Gasteiger partial charge in [-0.05, 0) is 33.6 Å². The van der Waals surface area contributed by atoms with Gasteiger partial charge in [0.05, 0.1) is 6.73 Å². The second-order valence-corrected chi connectivity index (χ2v) is 5.45. The first-order valence-corrected chi connectivity index (χ1v) is 5.95. The molecule has 0 spiro atoms. The normalized spacial score (nSPS) is 25.1. The lowest BCUT2D eigenvalue weighted by atomic mass is 9.96. The van der Waals surface area contributed by atoms with Crippen molar-refractivity contribution in [3.05, 3.63) is 0 Å². The van der Waals surface area contributed by atoms with Crippen molar-refractivity contribution in [2.75, 3.05) is 20.4 Å². The van der Waals surface area contributed by atoms with Gasteiger partial charge in [0.15, 0.2) is 0 Å². The van der Waals surface area contributed by atoms with E-state index in [1.165, 1.54) is 12.0 Å². The Hall–Kier alpha value is -1.14. The molecule has 0 saturated carbocycles. The summed E-state index contributed by atoms with van der Waals surface area (Å²) in [6, 6.07) is 0. The minimum absolute atomic E-state index is 0.103. The Morgan fingerprint density at radius 2 is 2.00 bits per heavy atom. The predicted molar refractivity (Wildman–Crippen MR) is 64.0 cm³/mol. The lowest BCUT2D eigenvalue weighted by Crippen LogP contribution is -2.58. The number of carbonyl (C=O) groups excluding carboxylic acids is 1. The SMILES string of the molecule is COCN1CCC[C@]1(C(=O)O)C(=O)OC(C)(C)C. The number of methoxy groups -OCH3 is 1. The van der Waals surface area contributed by atoms with Crippen LogP contribution >= 0.6 is 0 Å². The third kappa shape index (κ3) is 2.81. The summed E-state index contributed by atoms with van der Waals surface area (Å²) in [5, 5.41) is 9.43. The Labute approximate surface area is 107 Å². The number of ether oxygens (including phenoxy) is 2. The Kier molecular flexibility index (Phi) is 4.34. The molecule has 1 aliphatic rings. The zero-order valence-electron chi connectivity index (χ0n) is 11.4. The number of rotatable bonds is 4. The first-order valence-electron chi connectivity index (χ1n) is 5.95. The van der Waals surface area contributed by atoms with Crippen LogP contribution in [-0.2, 0) is 19.1 Å². The fourth-order valence-electron chi connectivity index (χ4n) is 2.13. The Balaban J connectivity index is 3.00. The molecule has 18 heavy (non-hydrogen) atoms. The number of hydrogen-bond donors (Lipinski definition) is 1. The van der Waals surface area contributed by atoms with Crippen LogP contribution in [0, 0.1) is 0 Å². The molecule has 1 heterocycles. The minimum atomic E-state index is -1.61. The molecule has 6 heteroatoms. The van der Waals surface area contributed by atoms with Gasteiger partial charge in [-0.3, -0.25) is 4.90 Å². The van der Waals surface area contributed by atoms with Crippen molar-refractivity contribution in [1.29, 1.82) is 0 Å². The van der Waals surface area contributed by atoms with Crippen molar-refractivity contribution in [1.82, 2.24) is 4.90 Å². The van der Waals surface area contributed by atoms with Crippen LogP contribution in [0.5, 0.6) is 0 Å². The molecule has 1 N–H and O–H groups in total. The predicted octanol–water partition coefficient (Wildman–Crippen LogP) is 0.851. The third-order valence-corrected chi connectivity index (χ3v) is 2.88. The quantitative estimate of drug-likeness (QED) is 0.596. The highest BCUT2D eigenvalue weighted by Gasteiger charge is 2.56. The van der Waals surface area contributed by atoms with Crippen LogP contribution in [0.25, 0.3) is 0 Å². The van der Waals surface area contributed by atoms with Gasteiger partial charge in [-0.1, -0.05) is 0 Å². The Morgan fingerprint density at radius 1 is 1.39 bits per heavy atom. The molecule has 0 bridgehead atoms. The summed E-state index contributed by atoms with van der Waals surface area (Å²) in [5.41, 5.74) is -2.32. The zero-order chi connectivity index (χ0) is 14.0. The molecule has 1 saturated heterocycles. The molecule has 0 unspecified atom stereocenters. The largest absolute Gasteiger partial charge is 0.479 e. The van der Waals surface area contributed by atoms with Crippen LogP contribution in [-0.4, -0.2) is 53.5 Å². The van der Waals surface area contributed by atoms with Gasteiger partial charge in [0.2, 0.25) is 5.54 Å². The summed E-state index contributed by atoms with van der Waals surface area (Å²) in [5.74, 6) is -1.89. The highest BCUT2D eigenvalue weighted by Crippen LogP contribution is 2.32. The van der Waals surface area contributed by atoms with Crippen LogP contribution in [0.1, 0.15) is 33.6 Å². The topological polar surface area (TPSA) is 76.1 Å².